The van der Waals surface area contributed by atoms with Gasteiger partial charge in [0.15, 0.2) is 0 Å². The van der Waals surface area contributed by atoms with E-state index >= 15 is 0 Å². The van der Waals surface area contributed by atoms with Gasteiger partial charge in [0.05, 0.1) is 32.7 Å². The lowest BCUT2D eigenvalue weighted by Gasteiger charge is -2.32. The number of aliphatic carboxylic acids is 1. The maximum Gasteiger partial charge on any atom is 0.306 e. The molecular formula is C17H20N2O5. The van der Waals surface area contributed by atoms with E-state index in [2.05, 4.69) is 4.98 Å². The molecule has 7 heteroatoms. The number of morpholine rings is 1. The fourth-order valence-electron chi connectivity index (χ4n) is 2.97. The van der Waals surface area contributed by atoms with Gasteiger partial charge in [0, 0.05) is 30.2 Å². The third kappa shape index (κ3) is 3.51. The number of amides is 1. The minimum atomic E-state index is -0.918. The number of nitrogens with one attached hydrogen (secondary N) is 1. The van der Waals surface area contributed by atoms with Crippen LogP contribution in [0.4, 0.5) is 0 Å². The summed E-state index contributed by atoms with van der Waals surface area (Å²) in [6.45, 7) is 1.17. The molecule has 0 spiro atoms. The van der Waals surface area contributed by atoms with E-state index in [0.717, 1.165) is 22.2 Å². The van der Waals surface area contributed by atoms with Crippen molar-refractivity contribution in [1.29, 1.82) is 0 Å². The first-order valence-corrected chi connectivity index (χ1v) is 7.82. The molecule has 1 unspecified atom stereocenters. The average molecular weight is 332 g/mol. The summed E-state index contributed by atoms with van der Waals surface area (Å²) < 4.78 is 10.6. The number of ether oxygens (including phenoxy) is 2. The van der Waals surface area contributed by atoms with Crippen molar-refractivity contribution in [3.8, 4) is 5.75 Å². The van der Waals surface area contributed by atoms with Gasteiger partial charge in [-0.05, 0) is 23.8 Å². The van der Waals surface area contributed by atoms with Gasteiger partial charge in [0.1, 0.15) is 5.75 Å². The van der Waals surface area contributed by atoms with E-state index in [1.54, 1.807) is 12.0 Å². The molecule has 0 bridgehead atoms. The van der Waals surface area contributed by atoms with Crippen LogP contribution in [-0.4, -0.2) is 59.8 Å². The highest BCUT2D eigenvalue weighted by molar-refractivity contribution is 5.89. The van der Waals surface area contributed by atoms with E-state index in [-0.39, 0.29) is 18.7 Å². The van der Waals surface area contributed by atoms with E-state index in [1.165, 1.54) is 0 Å². The number of hydrogen-bond donors (Lipinski definition) is 2. The number of aromatic amines is 1. The molecule has 0 aliphatic carbocycles. The molecule has 128 valence electrons. The summed E-state index contributed by atoms with van der Waals surface area (Å²) in [7, 11) is 1.61. The van der Waals surface area contributed by atoms with Gasteiger partial charge >= 0.3 is 5.97 Å². The normalized spacial score (nSPS) is 17.9. The molecule has 1 saturated heterocycles. The Morgan fingerprint density at radius 3 is 3.04 bits per heavy atom. The van der Waals surface area contributed by atoms with Crippen molar-refractivity contribution in [2.75, 3.05) is 26.8 Å². The first-order chi connectivity index (χ1) is 11.6. The van der Waals surface area contributed by atoms with Gasteiger partial charge in [-0.2, -0.15) is 0 Å². The van der Waals surface area contributed by atoms with Crippen molar-refractivity contribution < 1.29 is 24.2 Å². The second-order valence-electron chi connectivity index (χ2n) is 5.83. The Morgan fingerprint density at radius 2 is 2.29 bits per heavy atom. The van der Waals surface area contributed by atoms with Crippen LogP contribution in [0.3, 0.4) is 0 Å². The molecule has 1 aromatic carbocycles. The molecule has 1 aromatic heterocycles. The number of methoxy groups -OCH3 is 1. The standard InChI is InChI=1S/C17H20N2O5/c1-23-12-2-3-15-14(7-12)11(9-18-15)6-16(20)19-4-5-24-13(10-19)8-17(21)22/h2-3,7,9,13,18H,4-6,8,10H2,1H3,(H,21,22). The molecule has 7 nitrogen and oxygen atoms in total. The highest BCUT2D eigenvalue weighted by atomic mass is 16.5. The fraction of sp³-hybridized carbons (Fsp3) is 0.412. The van der Waals surface area contributed by atoms with Crippen molar-refractivity contribution >= 4 is 22.8 Å². The van der Waals surface area contributed by atoms with Crippen LogP contribution in [0.5, 0.6) is 5.75 Å². The van der Waals surface area contributed by atoms with Gasteiger partial charge in [-0.15, -0.1) is 0 Å². The van der Waals surface area contributed by atoms with E-state index in [1.807, 2.05) is 24.4 Å². The van der Waals surface area contributed by atoms with Crippen LogP contribution in [0.15, 0.2) is 24.4 Å². The zero-order valence-corrected chi connectivity index (χ0v) is 13.4. The monoisotopic (exact) mass is 332 g/mol. The van der Waals surface area contributed by atoms with Crippen LogP contribution in [0.25, 0.3) is 10.9 Å². The lowest BCUT2D eigenvalue weighted by atomic mass is 10.1. The van der Waals surface area contributed by atoms with Gasteiger partial charge in [-0.1, -0.05) is 0 Å². The molecule has 1 fully saturated rings. The molecule has 1 aliphatic rings. The zero-order valence-electron chi connectivity index (χ0n) is 13.4. The predicted molar refractivity (Wildman–Crippen MR) is 87.1 cm³/mol. The summed E-state index contributed by atoms with van der Waals surface area (Å²) in [6.07, 6.45) is 1.56. The van der Waals surface area contributed by atoms with Crippen LogP contribution >= 0.6 is 0 Å². The van der Waals surface area contributed by atoms with E-state index in [0.29, 0.717) is 19.7 Å². The number of carboxylic acid groups (broad SMARTS) is 1. The summed E-state index contributed by atoms with van der Waals surface area (Å²) in [6, 6.07) is 5.68. The zero-order chi connectivity index (χ0) is 17.1. The largest absolute Gasteiger partial charge is 0.497 e. The number of nitrogens with zero attached hydrogens (tertiary/aromatic N) is 1. The molecule has 2 aromatic rings. The lowest BCUT2D eigenvalue weighted by molar-refractivity contribution is -0.147. The second kappa shape index (κ2) is 6.92. The van der Waals surface area contributed by atoms with Crippen LogP contribution in [0.1, 0.15) is 12.0 Å². The number of hydrogen-bond acceptors (Lipinski definition) is 4. The number of rotatable bonds is 5. The SMILES string of the molecule is COc1ccc2[nH]cc(CC(=O)N3CCOC(CC(=O)O)C3)c2c1. The summed E-state index contributed by atoms with van der Waals surface area (Å²) in [5.41, 5.74) is 1.85. The highest BCUT2D eigenvalue weighted by Gasteiger charge is 2.26. The minimum absolute atomic E-state index is 0.0302. The fourth-order valence-corrected chi connectivity index (χ4v) is 2.97. The summed E-state index contributed by atoms with van der Waals surface area (Å²) in [5, 5.41) is 9.82. The van der Waals surface area contributed by atoms with E-state index in [9.17, 15) is 9.59 Å². The second-order valence-corrected chi connectivity index (χ2v) is 5.83. The molecule has 2 N–H and O–H groups in total. The molecule has 0 saturated carbocycles. The van der Waals surface area contributed by atoms with Gasteiger partial charge in [0.2, 0.25) is 5.91 Å². The Labute approximate surface area is 139 Å². The average Bonchev–Trinajstić information content (AvgIpc) is 2.96. The Morgan fingerprint density at radius 1 is 1.46 bits per heavy atom. The molecule has 1 amide bonds. The summed E-state index contributed by atoms with van der Waals surface area (Å²) in [4.78, 5) is 28.2. The third-order valence-electron chi connectivity index (χ3n) is 4.21. The van der Waals surface area contributed by atoms with Crippen LogP contribution in [0, 0.1) is 0 Å². The van der Waals surface area contributed by atoms with Crippen LogP contribution in [-0.2, 0) is 20.7 Å². The predicted octanol–water partition coefficient (Wildman–Crippen LogP) is 1.42. The maximum absolute atomic E-state index is 12.6. The number of carbonyl (C=O) groups excluding carboxylic acids is 1. The van der Waals surface area contributed by atoms with Gasteiger partial charge in [-0.3, -0.25) is 9.59 Å². The summed E-state index contributed by atoms with van der Waals surface area (Å²) in [5.74, 6) is -0.209. The topological polar surface area (TPSA) is 91.9 Å². The number of fused-ring (bicyclic) bond motifs is 1. The number of aromatic nitrogens is 1. The number of carbonyl (C=O) groups is 2. The van der Waals surface area contributed by atoms with Crippen molar-refractivity contribution in [2.24, 2.45) is 0 Å². The Hall–Kier alpha value is -2.54. The minimum Gasteiger partial charge on any atom is -0.497 e. The smallest absolute Gasteiger partial charge is 0.306 e. The molecule has 0 radical (unpaired) electrons. The Balaban J connectivity index is 1.71. The van der Waals surface area contributed by atoms with Crippen molar-refractivity contribution in [1.82, 2.24) is 9.88 Å². The number of benzene rings is 1. The molecular weight excluding hydrogens is 312 g/mol. The molecule has 1 atom stereocenters. The molecule has 2 heterocycles. The van der Waals surface area contributed by atoms with E-state index in [4.69, 9.17) is 14.6 Å². The van der Waals surface area contributed by atoms with Crippen LogP contribution < -0.4 is 4.74 Å². The number of carboxylic acids is 1. The molecule has 3 rings (SSSR count). The first-order valence-electron chi connectivity index (χ1n) is 7.82. The van der Waals surface area contributed by atoms with Crippen molar-refractivity contribution in [3.05, 3.63) is 30.0 Å². The summed E-state index contributed by atoms with van der Waals surface area (Å²) >= 11 is 0. The quantitative estimate of drug-likeness (QED) is 0.864. The van der Waals surface area contributed by atoms with Gasteiger partial charge in [0.25, 0.3) is 0 Å². The number of H-pyrrole nitrogens is 1. The van der Waals surface area contributed by atoms with E-state index < -0.39 is 12.1 Å². The van der Waals surface area contributed by atoms with Crippen molar-refractivity contribution in [2.45, 2.75) is 18.9 Å². The lowest BCUT2D eigenvalue weighted by Crippen LogP contribution is -2.46. The van der Waals surface area contributed by atoms with Crippen molar-refractivity contribution in [3.63, 3.8) is 0 Å². The Bertz CT molecular complexity index is 755. The molecule has 24 heavy (non-hydrogen) atoms. The van der Waals surface area contributed by atoms with Gasteiger partial charge < -0.3 is 24.5 Å². The molecule has 1 aliphatic heterocycles. The van der Waals surface area contributed by atoms with Crippen LogP contribution in [0.2, 0.25) is 0 Å². The maximum atomic E-state index is 12.6. The highest BCUT2D eigenvalue weighted by Crippen LogP contribution is 2.24. The van der Waals surface area contributed by atoms with Gasteiger partial charge in [-0.25, -0.2) is 0 Å². The first kappa shape index (κ1) is 16.3. The Kier molecular flexibility index (Phi) is 4.71. The third-order valence-corrected chi connectivity index (χ3v) is 4.21.